The third kappa shape index (κ3) is 3.78. The van der Waals surface area contributed by atoms with Gasteiger partial charge in [-0.15, -0.1) is 11.3 Å². The molecule has 1 rings (SSSR count). The predicted octanol–water partition coefficient (Wildman–Crippen LogP) is 6.04. The summed E-state index contributed by atoms with van der Waals surface area (Å²) in [5.74, 6) is 0. The molecule has 0 aliphatic rings. The second kappa shape index (κ2) is 6.66. The summed E-state index contributed by atoms with van der Waals surface area (Å²) < 4.78 is 0. The molecule has 0 atom stereocenters. The number of thiophene rings is 1. The molecule has 0 radical (unpaired) electrons. The van der Waals surface area contributed by atoms with Crippen LogP contribution in [0.5, 0.6) is 0 Å². The lowest BCUT2D eigenvalue weighted by Crippen LogP contribution is -2.20. The first-order valence-corrected chi connectivity index (χ1v) is 7.62. The van der Waals surface area contributed by atoms with Crippen LogP contribution in [0.15, 0.2) is 11.4 Å². The molecule has 0 fully saturated rings. The Morgan fingerprint density at radius 2 is 1.75 bits per heavy atom. The Kier molecular flexibility index (Phi) is 5.85. The zero-order valence-corrected chi connectivity index (χ0v) is 12.3. The number of hydrogen-bond acceptors (Lipinski definition) is 1. The zero-order chi connectivity index (χ0) is 12.0. The summed E-state index contributed by atoms with van der Waals surface area (Å²) in [4.78, 5) is 1.47. The third-order valence-electron chi connectivity index (χ3n) is 3.33. The van der Waals surface area contributed by atoms with Gasteiger partial charge in [-0.05, 0) is 18.9 Å². The molecule has 0 aromatic carbocycles. The van der Waals surface area contributed by atoms with Crippen molar-refractivity contribution in [3.8, 4) is 0 Å². The van der Waals surface area contributed by atoms with E-state index in [1.165, 1.54) is 43.4 Å². The molecule has 92 valence electrons. The van der Waals surface area contributed by atoms with Crippen molar-refractivity contribution in [2.75, 3.05) is 0 Å². The molecule has 1 aromatic heterocycles. The van der Waals surface area contributed by atoms with Crippen LogP contribution < -0.4 is 0 Å². The maximum atomic E-state index is 6.04. The first-order valence-electron chi connectivity index (χ1n) is 6.37. The van der Waals surface area contributed by atoms with Gasteiger partial charge in [-0.1, -0.05) is 58.1 Å². The van der Waals surface area contributed by atoms with Crippen LogP contribution in [0.1, 0.15) is 64.2 Å². The third-order valence-corrected chi connectivity index (χ3v) is 4.91. The number of rotatable bonds is 7. The predicted molar refractivity (Wildman–Crippen MR) is 75.7 cm³/mol. The van der Waals surface area contributed by atoms with E-state index in [1.807, 2.05) is 11.3 Å². The number of hydrogen-bond donors (Lipinski definition) is 0. The second-order valence-corrected chi connectivity index (χ2v) is 6.24. The average molecular weight is 259 g/mol. The summed E-state index contributed by atoms with van der Waals surface area (Å²) in [5, 5.41) is 2.96. The van der Waals surface area contributed by atoms with Crippen molar-refractivity contribution < 1.29 is 0 Å². The average Bonchev–Trinajstić information content (AvgIpc) is 2.71. The van der Waals surface area contributed by atoms with Crippen molar-refractivity contribution in [1.29, 1.82) is 0 Å². The number of halogens is 1. The fourth-order valence-corrected chi connectivity index (χ4v) is 3.43. The highest BCUT2D eigenvalue weighted by Gasteiger charge is 2.26. The van der Waals surface area contributed by atoms with E-state index < -0.39 is 0 Å². The van der Waals surface area contributed by atoms with Gasteiger partial charge in [-0.2, -0.15) is 0 Å². The summed E-state index contributed by atoms with van der Waals surface area (Å²) in [6.45, 7) is 6.93. The summed E-state index contributed by atoms with van der Waals surface area (Å²) in [5.41, 5.74) is 0.351. The fraction of sp³-hybridized carbons (Fsp3) is 0.714. The Hall–Kier alpha value is -0.0100. The van der Waals surface area contributed by atoms with Gasteiger partial charge in [0, 0.05) is 15.7 Å². The maximum Gasteiger partial charge on any atom is 0.0515 e. The largest absolute Gasteiger partial charge is 0.147 e. The number of unbranched alkanes of at least 4 members (excludes halogenated alkanes) is 2. The van der Waals surface area contributed by atoms with Crippen LogP contribution in [0, 0.1) is 0 Å². The Morgan fingerprint density at radius 3 is 2.12 bits per heavy atom. The molecule has 0 aliphatic heterocycles. The highest BCUT2D eigenvalue weighted by molar-refractivity contribution is 7.10. The standard InChI is InChI=1S/C14H23ClS/c1-4-6-8-14(3,9-7-5-2)13-10-12(15)11-16-13/h10-11H,4-9H2,1-3H3. The Bertz CT molecular complexity index is 295. The summed E-state index contributed by atoms with van der Waals surface area (Å²) >= 11 is 7.87. The molecule has 1 heterocycles. The normalized spacial score (nSPS) is 12.0. The van der Waals surface area contributed by atoms with Crippen molar-refractivity contribution >= 4 is 22.9 Å². The van der Waals surface area contributed by atoms with Crippen LogP contribution in [0.2, 0.25) is 5.02 Å². The van der Waals surface area contributed by atoms with Crippen LogP contribution in [0.3, 0.4) is 0 Å². The minimum Gasteiger partial charge on any atom is -0.147 e. The van der Waals surface area contributed by atoms with E-state index in [2.05, 4.69) is 32.2 Å². The quantitative estimate of drug-likeness (QED) is 0.559. The molecule has 0 saturated heterocycles. The molecule has 0 N–H and O–H groups in total. The van der Waals surface area contributed by atoms with Gasteiger partial charge in [-0.3, -0.25) is 0 Å². The van der Waals surface area contributed by atoms with Gasteiger partial charge in [0.15, 0.2) is 0 Å². The van der Waals surface area contributed by atoms with E-state index in [9.17, 15) is 0 Å². The van der Waals surface area contributed by atoms with Crippen molar-refractivity contribution in [3.05, 3.63) is 21.3 Å². The second-order valence-electron chi connectivity index (χ2n) is 4.90. The Balaban J connectivity index is 2.76. The molecule has 2 heteroatoms. The van der Waals surface area contributed by atoms with Gasteiger partial charge in [0.25, 0.3) is 0 Å². The molecular formula is C14H23ClS. The van der Waals surface area contributed by atoms with Crippen molar-refractivity contribution in [2.45, 2.75) is 64.7 Å². The molecule has 0 amide bonds. The smallest absolute Gasteiger partial charge is 0.0515 e. The molecule has 16 heavy (non-hydrogen) atoms. The van der Waals surface area contributed by atoms with Crippen molar-refractivity contribution in [2.24, 2.45) is 0 Å². The highest BCUT2D eigenvalue weighted by Crippen LogP contribution is 2.39. The molecule has 1 aromatic rings. The van der Waals surface area contributed by atoms with Gasteiger partial charge in [0.05, 0.1) is 5.02 Å². The van der Waals surface area contributed by atoms with Gasteiger partial charge in [0.1, 0.15) is 0 Å². The van der Waals surface area contributed by atoms with Crippen LogP contribution in [-0.4, -0.2) is 0 Å². The topological polar surface area (TPSA) is 0 Å². The maximum absolute atomic E-state index is 6.04. The van der Waals surface area contributed by atoms with Crippen molar-refractivity contribution in [3.63, 3.8) is 0 Å². The zero-order valence-electron chi connectivity index (χ0n) is 10.7. The molecule has 0 unspecified atom stereocenters. The first-order chi connectivity index (χ1) is 7.62. The van der Waals surface area contributed by atoms with E-state index in [0.717, 1.165) is 5.02 Å². The van der Waals surface area contributed by atoms with Crippen molar-refractivity contribution in [1.82, 2.24) is 0 Å². The van der Waals surface area contributed by atoms with E-state index in [-0.39, 0.29) is 0 Å². The molecular weight excluding hydrogens is 236 g/mol. The summed E-state index contributed by atoms with van der Waals surface area (Å²) in [6, 6.07) is 2.16. The van der Waals surface area contributed by atoms with E-state index in [0.29, 0.717) is 5.41 Å². The molecule has 0 saturated carbocycles. The monoisotopic (exact) mass is 258 g/mol. The highest BCUT2D eigenvalue weighted by atomic mass is 35.5. The van der Waals surface area contributed by atoms with Crippen LogP contribution in [0.4, 0.5) is 0 Å². The first kappa shape index (κ1) is 14.1. The van der Waals surface area contributed by atoms with Gasteiger partial charge in [-0.25, -0.2) is 0 Å². The molecule has 0 spiro atoms. The van der Waals surface area contributed by atoms with Crippen LogP contribution in [-0.2, 0) is 5.41 Å². The molecule has 0 bridgehead atoms. The van der Waals surface area contributed by atoms with Gasteiger partial charge in [0.2, 0.25) is 0 Å². The van der Waals surface area contributed by atoms with E-state index in [4.69, 9.17) is 11.6 Å². The Morgan fingerprint density at radius 1 is 1.19 bits per heavy atom. The molecule has 0 nitrogen and oxygen atoms in total. The lowest BCUT2D eigenvalue weighted by molar-refractivity contribution is 0.381. The minimum atomic E-state index is 0.351. The SMILES string of the molecule is CCCCC(C)(CCCC)c1cc(Cl)cs1. The summed E-state index contributed by atoms with van der Waals surface area (Å²) in [7, 11) is 0. The van der Waals surface area contributed by atoms with Crippen LogP contribution >= 0.6 is 22.9 Å². The summed E-state index contributed by atoms with van der Waals surface area (Å²) in [6.07, 6.45) is 7.77. The van der Waals surface area contributed by atoms with Gasteiger partial charge < -0.3 is 0 Å². The van der Waals surface area contributed by atoms with E-state index in [1.54, 1.807) is 0 Å². The Labute approximate surface area is 109 Å². The lowest BCUT2D eigenvalue weighted by atomic mass is 9.79. The van der Waals surface area contributed by atoms with Crippen LogP contribution in [0.25, 0.3) is 0 Å². The van der Waals surface area contributed by atoms with E-state index >= 15 is 0 Å². The van der Waals surface area contributed by atoms with Gasteiger partial charge >= 0.3 is 0 Å². The fourth-order valence-electron chi connectivity index (χ4n) is 2.13. The lowest BCUT2D eigenvalue weighted by Gasteiger charge is -2.28. The molecule has 0 aliphatic carbocycles. The minimum absolute atomic E-state index is 0.351.